The van der Waals surface area contributed by atoms with Crippen LogP contribution in [0.4, 0.5) is 0 Å². The summed E-state index contributed by atoms with van der Waals surface area (Å²) >= 11 is 0. The highest BCUT2D eigenvalue weighted by Gasteiger charge is 2.40. The largest absolute Gasteiger partial charge is 0.0622 e. The lowest BCUT2D eigenvalue weighted by atomic mass is 9.61. The molecular weight excluding hydrogens is 132 g/mol. The third-order valence-corrected chi connectivity index (χ3v) is 4.00. The average Bonchev–Trinajstić information content (AvgIpc) is 2.39. The predicted octanol–water partition coefficient (Wildman–Crippen LogP) is 3.47. The van der Waals surface area contributed by atoms with Crippen LogP contribution in [0.1, 0.15) is 46.0 Å². The van der Waals surface area contributed by atoms with E-state index in [1.165, 1.54) is 19.3 Å². The van der Waals surface area contributed by atoms with E-state index >= 15 is 0 Å². The Morgan fingerprint density at radius 2 is 1.45 bits per heavy atom. The van der Waals surface area contributed by atoms with Gasteiger partial charge in [0.05, 0.1) is 0 Å². The molecule has 0 aromatic heterocycles. The molecule has 2 rings (SSSR count). The maximum atomic E-state index is 2.45. The molecule has 2 fully saturated rings. The van der Waals surface area contributed by atoms with Crippen molar-refractivity contribution in [2.75, 3.05) is 0 Å². The Kier molecular flexibility index (Phi) is 1.95. The van der Waals surface area contributed by atoms with Crippen LogP contribution in [-0.2, 0) is 0 Å². The van der Waals surface area contributed by atoms with E-state index in [-0.39, 0.29) is 0 Å². The second-order valence-electron chi connectivity index (χ2n) is 4.81. The fraction of sp³-hybridized carbons (Fsp3) is 1.00. The van der Waals surface area contributed by atoms with Gasteiger partial charge in [0.15, 0.2) is 0 Å². The molecule has 0 aromatic carbocycles. The second-order valence-corrected chi connectivity index (χ2v) is 4.81. The van der Waals surface area contributed by atoms with Crippen molar-refractivity contribution >= 4 is 0 Å². The van der Waals surface area contributed by atoms with Crippen molar-refractivity contribution in [3.05, 3.63) is 0 Å². The zero-order valence-corrected chi connectivity index (χ0v) is 7.84. The summed E-state index contributed by atoms with van der Waals surface area (Å²) in [6, 6.07) is 0. The summed E-state index contributed by atoms with van der Waals surface area (Å²) in [6.45, 7) is 4.89. The third-order valence-electron chi connectivity index (χ3n) is 4.00. The van der Waals surface area contributed by atoms with Gasteiger partial charge in [-0.25, -0.2) is 0 Å². The Bertz CT molecular complexity index is 125. The predicted molar refractivity (Wildman–Crippen MR) is 48.4 cm³/mol. The zero-order chi connectivity index (χ0) is 7.84. The minimum absolute atomic E-state index is 1.05. The summed E-state index contributed by atoms with van der Waals surface area (Å²) < 4.78 is 0. The van der Waals surface area contributed by atoms with Crippen molar-refractivity contribution < 1.29 is 0 Å². The van der Waals surface area contributed by atoms with Gasteiger partial charge in [0, 0.05) is 0 Å². The molecule has 2 saturated carbocycles. The molecule has 64 valence electrons. The molecule has 0 radical (unpaired) electrons. The van der Waals surface area contributed by atoms with Gasteiger partial charge in [-0.15, -0.1) is 0 Å². The maximum Gasteiger partial charge on any atom is -0.0334 e. The van der Waals surface area contributed by atoms with Gasteiger partial charge in [0.1, 0.15) is 0 Å². The number of hydrogen-bond donors (Lipinski definition) is 0. The number of rotatable bonds is 1. The van der Waals surface area contributed by atoms with E-state index in [0.29, 0.717) is 0 Å². The summed E-state index contributed by atoms with van der Waals surface area (Å²) in [5.74, 6) is 4.33. The highest BCUT2D eigenvalue weighted by atomic mass is 14.5. The first-order chi connectivity index (χ1) is 5.29. The van der Waals surface area contributed by atoms with Crippen LogP contribution in [0, 0.1) is 23.7 Å². The lowest BCUT2D eigenvalue weighted by Gasteiger charge is -2.45. The van der Waals surface area contributed by atoms with Gasteiger partial charge in [-0.05, 0) is 30.1 Å². The molecule has 0 saturated heterocycles. The van der Waals surface area contributed by atoms with Crippen LogP contribution >= 0.6 is 0 Å². The van der Waals surface area contributed by atoms with Gasteiger partial charge >= 0.3 is 0 Å². The van der Waals surface area contributed by atoms with Crippen LogP contribution in [0.3, 0.4) is 0 Å². The lowest BCUT2D eigenvalue weighted by Crippen LogP contribution is -2.37. The molecule has 0 N–H and O–H groups in total. The summed E-state index contributed by atoms with van der Waals surface area (Å²) in [4.78, 5) is 0. The summed E-state index contributed by atoms with van der Waals surface area (Å²) in [5.41, 5.74) is 0. The minimum Gasteiger partial charge on any atom is -0.0622 e. The standard InChI is InChI=1S/C11H20/c1-8-7-9(2)11(8)10-5-3-4-6-10/h8-11H,3-7H2,1-2H3/t8-,9-/m0/s1. The highest BCUT2D eigenvalue weighted by Crippen LogP contribution is 2.49. The molecule has 11 heavy (non-hydrogen) atoms. The Labute approximate surface area is 70.4 Å². The summed E-state index contributed by atoms with van der Waals surface area (Å²) in [5, 5.41) is 0. The molecule has 0 spiro atoms. The van der Waals surface area contributed by atoms with Gasteiger partial charge in [-0.1, -0.05) is 39.5 Å². The molecule has 0 bridgehead atoms. The third kappa shape index (κ3) is 1.21. The fourth-order valence-corrected chi connectivity index (χ4v) is 3.54. The second kappa shape index (κ2) is 2.80. The van der Waals surface area contributed by atoms with E-state index in [9.17, 15) is 0 Å². The first-order valence-corrected chi connectivity index (χ1v) is 5.29. The molecule has 2 aliphatic rings. The minimum atomic E-state index is 1.05. The van der Waals surface area contributed by atoms with E-state index in [4.69, 9.17) is 0 Å². The molecule has 0 aliphatic heterocycles. The zero-order valence-electron chi connectivity index (χ0n) is 7.84. The van der Waals surface area contributed by atoms with Gasteiger partial charge in [-0.3, -0.25) is 0 Å². The Balaban J connectivity index is 1.92. The highest BCUT2D eigenvalue weighted by molar-refractivity contribution is 4.90. The van der Waals surface area contributed by atoms with Crippen molar-refractivity contribution in [2.45, 2.75) is 46.0 Å². The van der Waals surface area contributed by atoms with Crippen LogP contribution in [0.2, 0.25) is 0 Å². The van der Waals surface area contributed by atoms with Crippen LogP contribution < -0.4 is 0 Å². The first kappa shape index (κ1) is 7.64. The van der Waals surface area contributed by atoms with Gasteiger partial charge in [0.2, 0.25) is 0 Å². The van der Waals surface area contributed by atoms with Gasteiger partial charge in [-0.2, -0.15) is 0 Å². The van der Waals surface area contributed by atoms with Gasteiger partial charge in [0.25, 0.3) is 0 Å². The molecular formula is C11H20. The molecule has 2 aliphatic carbocycles. The lowest BCUT2D eigenvalue weighted by molar-refractivity contribution is 0.0446. The van der Waals surface area contributed by atoms with E-state index < -0.39 is 0 Å². The molecule has 0 heteroatoms. The fourth-order valence-electron chi connectivity index (χ4n) is 3.54. The van der Waals surface area contributed by atoms with Crippen LogP contribution in [0.15, 0.2) is 0 Å². The van der Waals surface area contributed by atoms with Crippen molar-refractivity contribution in [3.8, 4) is 0 Å². The molecule has 0 nitrogen and oxygen atoms in total. The molecule has 0 aromatic rings. The van der Waals surface area contributed by atoms with Crippen molar-refractivity contribution in [3.63, 3.8) is 0 Å². The molecule has 0 heterocycles. The van der Waals surface area contributed by atoms with Crippen molar-refractivity contribution in [1.82, 2.24) is 0 Å². The average molecular weight is 152 g/mol. The first-order valence-electron chi connectivity index (χ1n) is 5.29. The quantitative estimate of drug-likeness (QED) is 0.539. The normalized spacial score (nSPS) is 40.9. The number of hydrogen-bond acceptors (Lipinski definition) is 0. The van der Waals surface area contributed by atoms with Crippen molar-refractivity contribution in [2.24, 2.45) is 23.7 Å². The topological polar surface area (TPSA) is 0 Å². The molecule has 2 atom stereocenters. The van der Waals surface area contributed by atoms with E-state index in [2.05, 4.69) is 13.8 Å². The van der Waals surface area contributed by atoms with E-state index in [0.717, 1.165) is 23.7 Å². The van der Waals surface area contributed by atoms with E-state index in [1.807, 2.05) is 0 Å². The molecule has 0 unspecified atom stereocenters. The van der Waals surface area contributed by atoms with Crippen LogP contribution in [-0.4, -0.2) is 0 Å². The van der Waals surface area contributed by atoms with Crippen LogP contribution in [0.25, 0.3) is 0 Å². The Morgan fingerprint density at radius 1 is 0.909 bits per heavy atom. The smallest absolute Gasteiger partial charge is 0.0334 e. The summed E-state index contributed by atoms with van der Waals surface area (Å²) in [7, 11) is 0. The van der Waals surface area contributed by atoms with Gasteiger partial charge < -0.3 is 0 Å². The van der Waals surface area contributed by atoms with Crippen LogP contribution in [0.5, 0.6) is 0 Å². The maximum absolute atomic E-state index is 2.45. The Morgan fingerprint density at radius 3 is 1.91 bits per heavy atom. The Hall–Kier alpha value is 0. The van der Waals surface area contributed by atoms with Crippen molar-refractivity contribution in [1.29, 1.82) is 0 Å². The summed E-state index contributed by atoms with van der Waals surface area (Å²) in [6.07, 6.45) is 7.61. The van der Waals surface area contributed by atoms with E-state index in [1.54, 1.807) is 12.8 Å². The SMILES string of the molecule is C[C@H]1C[C@H](C)C1C1CCCC1. The monoisotopic (exact) mass is 152 g/mol. The molecule has 0 amide bonds.